The van der Waals surface area contributed by atoms with Crippen molar-refractivity contribution in [2.75, 3.05) is 6.61 Å². The molecule has 1 N–H and O–H groups in total. The molecule has 9 heteroatoms. The Kier molecular flexibility index (Phi) is 7.33. The third-order valence-electron chi connectivity index (χ3n) is 6.07. The Morgan fingerprint density at radius 2 is 1.89 bits per heavy atom. The molecule has 0 saturated carbocycles. The number of aromatic nitrogens is 1. The second-order valence-electron chi connectivity index (χ2n) is 9.32. The number of aliphatic hydroxyl groups excluding tert-OH is 1. The molecule has 4 rings (SSSR count). The quantitative estimate of drug-likeness (QED) is 0.152. The highest BCUT2D eigenvalue weighted by Crippen LogP contribution is 2.41. The minimum atomic E-state index is -0.947. The maximum absolute atomic E-state index is 13.3. The predicted molar refractivity (Wildman–Crippen MR) is 137 cm³/mol. The number of non-ortho nitro benzene ring substituents is 1. The van der Waals surface area contributed by atoms with Gasteiger partial charge in [0.2, 0.25) is 0 Å². The van der Waals surface area contributed by atoms with Crippen LogP contribution in [0.4, 0.5) is 5.69 Å². The Hall–Kier alpha value is -4.53. The summed E-state index contributed by atoms with van der Waals surface area (Å²) < 4.78 is 5.76. The van der Waals surface area contributed by atoms with Gasteiger partial charge in [-0.3, -0.25) is 24.7 Å². The number of Topliss-reactive ketones (excluding diaryl/α,β-unsaturated/α-hetero) is 1. The van der Waals surface area contributed by atoms with Crippen LogP contribution in [0.1, 0.15) is 42.1 Å². The number of nitro groups is 1. The van der Waals surface area contributed by atoms with Crippen LogP contribution in [-0.2, 0) is 16.1 Å². The number of nitro benzene ring substituents is 1. The van der Waals surface area contributed by atoms with Crippen LogP contribution >= 0.6 is 0 Å². The third kappa shape index (κ3) is 5.35. The van der Waals surface area contributed by atoms with Crippen LogP contribution in [0.15, 0.2) is 72.6 Å². The first-order valence-electron chi connectivity index (χ1n) is 11.8. The van der Waals surface area contributed by atoms with E-state index in [1.807, 2.05) is 13.8 Å². The summed E-state index contributed by atoms with van der Waals surface area (Å²) in [7, 11) is 0. The zero-order valence-electron chi connectivity index (χ0n) is 20.7. The summed E-state index contributed by atoms with van der Waals surface area (Å²) >= 11 is 0. The normalized spacial score (nSPS) is 16.9. The highest BCUT2D eigenvalue weighted by atomic mass is 16.6. The van der Waals surface area contributed by atoms with Gasteiger partial charge in [-0.2, -0.15) is 0 Å². The summed E-state index contributed by atoms with van der Waals surface area (Å²) in [5.41, 5.74) is 2.01. The maximum Gasteiger partial charge on any atom is 0.295 e. The smallest absolute Gasteiger partial charge is 0.295 e. The Morgan fingerprint density at radius 3 is 2.49 bits per heavy atom. The molecule has 0 radical (unpaired) electrons. The third-order valence-corrected chi connectivity index (χ3v) is 6.07. The number of carbonyl (C=O) groups excluding carboxylic acids is 2. The SMILES string of the molecule is Cc1cc(OCC(C)C)ccc1C(O)=C1C(=O)C(=O)N(Cc2cccnc2)C1c1ccc([N+](=O)[O-])cc1. The fourth-order valence-corrected chi connectivity index (χ4v) is 4.26. The molecule has 1 atom stereocenters. The first-order chi connectivity index (χ1) is 17.7. The second kappa shape index (κ2) is 10.6. The zero-order valence-corrected chi connectivity index (χ0v) is 20.7. The van der Waals surface area contributed by atoms with Crippen LogP contribution in [-0.4, -0.2) is 38.2 Å². The van der Waals surface area contributed by atoms with Crippen LogP contribution in [0.2, 0.25) is 0 Å². The molecule has 0 aliphatic carbocycles. The first-order valence-corrected chi connectivity index (χ1v) is 11.8. The molecule has 37 heavy (non-hydrogen) atoms. The minimum absolute atomic E-state index is 0.0673. The number of likely N-dealkylation sites (tertiary alicyclic amines) is 1. The highest BCUT2D eigenvalue weighted by Gasteiger charge is 2.46. The summed E-state index contributed by atoms with van der Waals surface area (Å²) in [5.74, 6) is -0.951. The molecular weight excluding hydrogens is 474 g/mol. The van der Waals surface area contributed by atoms with E-state index in [1.54, 1.807) is 49.6 Å². The van der Waals surface area contributed by atoms with E-state index in [-0.39, 0.29) is 23.6 Å². The molecule has 0 bridgehead atoms. The van der Waals surface area contributed by atoms with Crippen LogP contribution in [0.5, 0.6) is 5.75 Å². The molecule has 1 saturated heterocycles. The number of nitrogens with zero attached hydrogens (tertiary/aromatic N) is 3. The van der Waals surface area contributed by atoms with E-state index in [9.17, 15) is 24.8 Å². The number of carbonyl (C=O) groups is 2. The number of rotatable bonds is 8. The van der Waals surface area contributed by atoms with Crippen molar-refractivity contribution >= 4 is 23.1 Å². The van der Waals surface area contributed by atoms with Crippen molar-refractivity contribution in [2.45, 2.75) is 33.4 Å². The number of pyridine rings is 1. The van der Waals surface area contributed by atoms with Gasteiger partial charge < -0.3 is 14.7 Å². The van der Waals surface area contributed by atoms with E-state index in [0.717, 1.165) is 0 Å². The number of ether oxygens (including phenoxy) is 1. The summed E-state index contributed by atoms with van der Waals surface area (Å²) in [6, 6.07) is 13.3. The lowest BCUT2D eigenvalue weighted by Crippen LogP contribution is -2.29. The van der Waals surface area contributed by atoms with Crippen LogP contribution in [0, 0.1) is 23.0 Å². The van der Waals surface area contributed by atoms with Gasteiger partial charge in [0.25, 0.3) is 17.4 Å². The van der Waals surface area contributed by atoms with E-state index in [4.69, 9.17) is 4.74 Å². The van der Waals surface area contributed by atoms with Crippen LogP contribution in [0.3, 0.4) is 0 Å². The molecule has 1 unspecified atom stereocenters. The molecule has 1 fully saturated rings. The van der Waals surface area contributed by atoms with Gasteiger partial charge in [0.15, 0.2) is 0 Å². The number of aliphatic hydroxyl groups is 1. The second-order valence-corrected chi connectivity index (χ2v) is 9.32. The van der Waals surface area contributed by atoms with Crippen LogP contribution in [0.25, 0.3) is 5.76 Å². The van der Waals surface area contributed by atoms with Crippen molar-refractivity contribution < 1.29 is 24.4 Å². The molecule has 3 aromatic rings. The van der Waals surface area contributed by atoms with E-state index in [2.05, 4.69) is 4.98 Å². The fraction of sp³-hybridized carbons (Fsp3) is 0.250. The monoisotopic (exact) mass is 501 g/mol. The minimum Gasteiger partial charge on any atom is -0.507 e. The van der Waals surface area contributed by atoms with Crippen molar-refractivity contribution in [3.63, 3.8) is 0 Å². The van der Waals surface area contributed by atoms with Crippen molar-refractivity contribution in [3.05, 3.63) is 105 Å². The van der Waals surface area contributed by atoms with E-state index in [1.165, 1.54) is 29.2 Å². The van der Waals surface area contributed by atoms with Crippen molar-refractivity contribution in [3.8, 4) is 5.75 Å². The lowest BCUT2D eigenvalue weighted by Gasteiger charge is -2.25. The summed E-state index contributed by atoms with van der Waals surface area (Å²) in [6.45, 7) is 6.46. The van der Waals surface area contributed by atoms with Gasteiger partial charge in [-0.25, -0.2) is 0 Å². The van der Waals surface area contributed by atoms with Gasteiger partial charge in [-0.15, -0.1) is 0 Å². The topological polar surface area (TPSA) is 123 Å². The molecule has 0 spiro atoms. The number of hydrogen-bond donors (Lipinski definition) is 1. The maximum atomic E-state index is 13.3. The van der Waals surface area contributed by atoms with E-state index >= 15 is 0 Å². The largest absolute Gasteiger partial charge is 0.507 e. The van der Waals surface area contributed by atoms with Gasteiger partial charge in [0.1, 0.15) is 11.5 Å². The standard InChI is InChI=1S/C28H27N3O6/c1-17(2)16-37-22-10-11-23(18(3)13-22)26(32)24-25(20-6-8-21(9-7-20)31(35)36)30(28(34)27(24)33)15-19-5-4-12-29-14-19/h4-14,17,25,32H,15-16H2,1-3H3. The van der Waals surface area contributed by atoms with Crippen LogP contribution < -0.4 is 4.74 Å². The number of hydrogen-bond acceptors (Lipinski definition) is 7. The molecule has 1 aliphatic rings. The Balaban J connectivity index is 1.81. The van der Waals surface area contributed by atoms with Crippen molar-refractivity contribution in [1.29, 1.82) is 0 Å². The zero-order chi connectivity index (χ0) is 26.7. The van der Waals surface area contributed by atoms with Gasteiger partial charge in [-0.05, 0) is 65.9 Å². The average Bonchev–Trinajstić information content (AvgIpc) is 3.12. The molecule has 1 aliphatic heterocycles. The summed E-state index contributed by atoms with van der Waals surface area (Å²) in [6.07, 6.45) is 3.19. The molecule has 1 aromatic heterocycles. The number of aryl methyl sites for hydroxylation is 1. The van der Waals surface area contributed by atoms with Gasteiger partial charge >= 0.3 is 0 Å². The van der Waals surface area contributed by atoms with Crippen molar-refractivity contribution in [2.24, 2.45) is 5.92 Å². The summed E-state index contributed by atoms with van der Waals surface area (Å²) in [5, 5.41) is 22.5. The number of ketones is 1. The predicted octanol–water partition coefficient (Wildman–Crippen LogP) is 4.95. The van der Waals surface area contributed by atoms with Gasteiger partial charge in [-0.1, -0.05) is 19.9 Å². The lowest BCUT2D eigenvalue weighted by molar-refractivity contribution is -0.384. The Labute approximate surface area is 214 Å². The molecule has 1 amide bonds. The molecule has 2 aromatic carbocycles. The molecular formula is C28H27N3O6. The Bertz CT molecular complexity index is 1370. The highest BCUT2D eigenvalue weighted by molar-refractivity contribution is 6.46. The summed E-state index contributed by atoms with van der Waals surface area (Å²) in [4.78, 5) is 42.5. The average molecular weight is 502 g/mol. The molecule has 2 heterocycles. The van der Waals surface area contributed by atoms with Gasteiger partial charge in [0, 0.05) is 36.6 Å². The van der Waals surface area contributed by atoms with E-state index in [0.29, 0.717) is 40.5 Å². The van der Waals surface area contributed by atoms with Gasteiger partial charge in [0.05, 0.1) is 23.1 Å². The molecule has 9 nitrogen and oxygen atoms in total. The Morgan fingerprint density at radius 1 is 1.16 bits per heavy atom. The van der Waals surface area contributed by atoms with Crippen molar-refractivity contribution in [1.82, 2.24) is 9.88 Å². The number of amides is 1. The fourth-order valence-electron chi connectivity index (χ4n) is 4.26. The first kappa shape index (κ1) is 25.6. The number of benzene rings is 2. The lowest BCUT2D eigenvalue weighted by atomic mass is 9.93. The van der Waals surface area contributed by atoms with E-state index < -0.39 is 22.7 Å². The molecule has 190 valence electrons.